The normalized spacial score (nSPS) is 14.8. The number of alkyl halides is 3. The van der Waals surface area contributed by atoms with E-state index in [4.69, 9.17) is 39.9 Å². The predicted octanol–water partition coefficient (Wildman–Crippen LogP) is 1.37. The summed E-state index contributed by atoms with van der Waals surface area (Å²) in [5.41, 5.74) is 0. The number of aliphatic hydroxyl groups excluding tert-OH is 1. The van der Waals surface area contributed by atoms with Crippen molar-refractivity contribution in [2.75, 3.05) is 0 Å². The maximum absolute atomic E-state index is 10.8. The molecule has 0 aliphatic rings. The number of halogens is 3. The molecule has 0 unspecified atom stereocenters. The molecular weight excluding hydrogens is 224 g/mol. The quantitative estimate of drug-likeness (QED) is 0.429. The highest BCUT2D eigenvalue weighted by Gasteiger charge is 2.31. The minimum Gasteiger partial charge on any atom is -0.369 e. The van der Waals surface area contributed by atoms with Crippen molar-refractivity contribution in [2.45, 2.75) is 16.9 Å². The van der Waals surface area contributed by atoms with Crippen molar-refractivity contribution in [2.24, 2.45) is 0 Å². The molecule has 1 amide bonds. The molecule has 0 saturated carbocycles. The third-order valence-electron chi connectivity index (χ3n) is 0.907. The van der Waals surface area contributed by atoms with Crippen LogP contribution in [0, 0.1) is 0 Å². The van der Waals surface area contributed by atoms with Crippen LogP contribution in [0.15, 0.2) is 12.2 Å². The van der Waals surface area contributed by atoms with Gasteiger partial charge >= 0.3 is 0 Å². The van der Waals surface area contributed by atoms with Crippen LogP contribution in [-0.2, 0) is 4.79 Å². The minimum atomic E-state index is -1.91. The Morgan fingerprint density at radius 1 is 1.58 bits per heavy atom. The molecule has 0 aliphatic carbocycles. The number of hydrogen-bond donors (Lipinski definition) is 2. The average Bonchev–Trinajstić information content (AvgIpc) is 1.85. The second kappa shape index (κ2) is 4.92. The Hall–Kier alpha value is 0.0400. The highest BCUT2D eigenvalue weighted by molar-refractivity contribution is 6.68. The Morgan fingerprint density at radius 2 is 2.08 bits per heavy atom. The monoisotopic (exact) mass is 231 g/mol. The van der Waals surface area contributed by atoms with Crippen molar-refractivity contribution in [3.05, 3.63) is 12.2 Å². The summed E-state index contributed by atoms with van der Waals surface area (Å²) in [6.07, 6.45) is 1.20. The lowest BCUT2D eigenvalue weighted by atomic mass is 10.5. The van der Waals surface area contributed by atoms with Gasteiger partial charge in [-0.25, -0.2) is 0 Å². The van der Waals surface area contributed by atoms with Gasteiger partial charge in [0, 0.05) is 0 Å². The van der Waals surface area contributed by atoms with E-state index in [1.807, 2.05) is 0 Å². The second-order valence-electron chi connectivity index (χ2n) is 1.95. The third kappa shape index (κ3) is 4.83. The van der Waals surface area contributed by atoms with Gasteiger partial charge in [-0.2, -0.15) is 0 Å². The maximum atomic E-state index is 10.8. The Kier molecular flexibility index (Phi) is 4.94. The Balaban J connectivity index is 4.01. The van der Waals surface area contributed by atoms with Gasteiger partial charge < -0.3 is 10.4 Å². The number of hydrogen-bond acceptors (Lipinski definition) is 2. The Morgan fingerprint density at radius 3 is 2.42 bits per heavy atom. The zero-order valence-electron chi connectivity index (χ0n) is 6.22. The number of carbonyl (C=O) groups excluding carboxylic acids is 1. The van der Waals surface area contributed by atoms with Crippen molar-refractivity contribution in [1.82, 2.24) is 5.32 Å². The molecule has 12 heavy (non-hydrogen) atoms. The molecule has 0 aromatic rings. The minimum absolute atomic E-state index is 0.517. The van der Waals surface area contributed by atoms with E-state index in [1.54, 1.807) is 6.92 Å². The molecule has 0 saturated heterocycles. The summed E-state index contributed by atoms with van der Waals surface area (Å²) in [6.45, 7) is 1.65. The topological polar surface area (TPSA) is 49.3 Å². The van der Waals surface area contributed by atoms with E-state index in [2.05, 4.69) is 5.32 Å². The number of rotatable bonds is 2. The lowest BCUT2D eigenvalue weighted by Crippen LogP contribution is -2.42. The van der Waals surface area contributed by atoms with Crippen molar-refractivity contribution in [3.8, 4) is 0 Å². The third-order valence-corrected chi connectivity index (χ3v) is 1.53. The number of carbonyl (C=O) groups is 1. The van der Waals surface area contributed by atoms with Crippen LogP contribution in [0.2, 0.25) is 0 Å². The number of allylic oxidation sites excluding steroid dienone is 1. The van der Waals surface area contributed by atoms with Gasteiger partial charge in [-0.3, -0.25) is 4.79 Å². The molecule has 0 aromatic heterocycles. The van der Waals surface area contributed by atoms with E-state index in [-0.39, 0.29) is 0 Å². The van der Waals surface area contributed by atoms with E-state index < -0.39 is 15.9 Å². The molecule has 0 radical (unpaired) electrons. The molecule has 3 nitrogen and oxygen atoms in total. The number of aliphatic hydroxyl groups is 1. The van der Waals surface area contributed by atoms with Crippen LogP contribution in [0.3, 0.4) is 0 Å². The standard InChI is InChI=1S/C6H8Cl3NO2/c1-2-3-4(11)10-5(12)6(7,8)9/h2-3,5,12H,1H3,(H,10,11)/b3-2-/t5-/m0/s1. The van der Waals surface area contributed by atoms with E-state index in [1.165, 1.54) is 12.2 Å². The van der Waals surface area contributed by atoms with Gasteiger partial charge in [-0.1, -0.05) is 40.9 Å². The summed E-state index contributed by atoms with van der Waals surface area (Å²) < 4.78 is -1.91. The molecule has 0 heterocycles. The van der Waals surface area contributed by atoms with Crippen LogP contribution in [0.25, 0.3) is 0 Å². The van der Waals surface area contributed by atoms with Crippen molar-refractivity contribution in [3.63, 3.8) is 0 Å². The first-order valence-corrected chi connectivity index (χ1v) is 4.19. The van der Waals surface area contributed by atoms with Crippen LogP contribution in [0.4, 0.5) is 0 Å². The molecule has 0 aromatic carbocycles. The summed E-state index contributed by atoms with van der Waals surface area (Å²) >= 11 is 15.8. The predicted molar refractivity (Wildman–Crippen MR) is 49.3 cm³/mol. The van der Waals surface area contributed by atoms with Gasteiger partial charge in [0.05, 0.1) is 0 Å². The highest BCUT2D eigenvalue weighted by atomic mass is 35.6. The van der Waals surface area contributed by atoms with Crippen molar-refractivity contribution >= 4 is 40.7 Å². The second-order valence-corrected chi connectivity index (χ2v) is 4.32. The van der Waals surface area contributed by atoms with Crippen LogP contribution >= 0.6 is 34.8 Å². The lowest BCUT2D eigenvalue weighted by molar-refractivity contribution is -0.119. The summed E-state index contributed by atoms with van der Waals surface area (Å²) in [6, 6.07) is 0. The molecule has 0 spiro atoms. The first kappa shape index (κ1) is 12.0. The average molecular weight is 232 g/mol. The van der Waals surface area contributed by atoms with E-state index >= 15 is 0 Å². The van der Waals surface area contributed by atoms with Crippen LogP contribution in [-0.4, -0.2) is 21.0 Å². The maximum Gasteiger partial charge on any atom is 0.245 e. The number of amides is 1. The largest absolute Gasteiger partial charge is 0.369 e. The van der Waals surface area contributed by atoms with Gasteiger partial charge in [0.15, 0.2) is 6.23 Å². The highest BCUT2D eigenvalue weighted by Crippen LogP contribution is 2.28. The SMILES string of the molecule is C/C=C\C(=O)N[C@@H](O)C(Cl)(Cl)Cl. The van der Waals surface area contributed by atoms with Crippen LogP contribution in [0.5, 0.6) is 0 Å². The van der Waals surface area contributed by atoms with Gasteiger partial charge in [0.25, 0.3) is 0 Å². The van der Waals surface area contributed by atoms with Gasteiger partial charge in [-0.05, 0) is 13.0 Å². The summed E-state index contributed by atoms with van der Waals surface area (Å²) in [7, 11) is 0. The molecule has 0 rings (SSSR count). The molecule has 1 atom stereocenters. The van der Waals surface area contributed by atoms with Crippen LogP contribution < -0.4 is 5.32 Å². The summed E-state index contributed by atoms with van der Waals surface area (Å²) in [5.74, 6) is -0.517. The molecule has 0 aliphatic heterocycles. The fourth-order valence-corrected chi connectivity index (χ4v) is 0.580. The molecule has 6 heteroatoms. The van der Waals surface area contributed by atoms with Gasteiger partial charge in [0.2, 0.25) is 9.70 Å². The lowest BCUT2D eigenvalue weighted by Gasteiger charge is -2.18. The zero-order valence-corrected chi connectivity index (χ0v) is 8.49. The fraction of sp³-hybridized carbons (Fsp3) is 0.500. The zero-order chi connectivity index (χ0) is 9.78. The van der Waals surface area contributed by atoms with E-state index in [0.29, 0.717) is 0 Å². The summed E-state index contributed by atoms with van der Waals surface area (Å²) in [5, 5.41) is 11.1. The number of nitrogens with one attached hydrogen (secondary N) is 1. The molecular formula is C6H8Cl3NO2. The van der Waals surface area contributed by atoms with E-state index in [9.17, 15) is 4.79 Å². The molecule has 0 bridgehead atoms. The van der Waals surface area contributed by atoms with Crippen molar-refractivity contribution < 1.29 is 9.90 Å². The molecule has 0 fully saturated rings. The smallest absolute Gasteiger partial charge is 0.245 e. The first-order valence-electron chi connectivity index (χ1n) is 3.06. The van der Waals surface area contributed by atoms with E-state index in [0.717, 1.165) is 0 Å². The van der Waals surface area contributed by atoms with Gasteiger partial charge in [0.1, 0.15) is 0 Å². The molecule has 70 valence electrons. The Bertz CT molecular complexity index is 188. The fourth-order valence-electron chi connectivity index (χ4n) is 0.416. The van der Waals surface area contributed by atoms with Gasteiger partial charge in [-0.15, -0.1) is 0 Å². The van der Waals surface area contributed by atoms with Crippen molar-refractivity contribution in [1.29, 1.82) is 0 Å². The first-order chi connectivity index (χ1) is 5.38. The Labute approximate surface area is 85.3 Å². The van der Waals surface area contributed by atoms with Crippen LogP contribution in [0.1, 0.15) is 6.92 Å². The molecule has 2 N–H and O–H groups in total. The summed E-state index contributed by atoms with van der Waals surface area (Å²) in [4.78, 5) is 10.8.